The number of nitrogens with one attached hydrogen (secondary N) is 1. The summed E-state index contributed by atoms with van der Waals surface area (Å²) in [6.45, 7) is 1.46. The second-order valence-corrected chi connectivity index (χ2v) is 4.74. The summed E-state index contributed by atoms with van der Waals surface area (Å²) in [7, 11) is 0. The number of hydrogen-bond acceptors (Lipinski definition) is 4. The number of benzene rings is 1. The van der Waals surface area contributed by atoms with Gasteiger partial charge in [-0.25, -0.2) is 9.97 Å². The van der Waals surface area contributed by atoms with Crippen molar-refractivity contribution in [1.29, 1.82) is 0 Å². The normalized spacial score (nSPS) is 14.6. The van der Waals surface area contributed by atoms with Gasteiger partial charge in [0, 0.05) is 37.6 Å². The van der Waals surface area contributed by atoms with Crippen molar-refractivity contribution in [2.24, 2.45) is 0 Å². The van der Waals surface area contributed by atoms with E-state index in [2.05, 4.69) is 15.3 Å². The van der Waals surface area contributed by atoms with Crippen LogP contribution in [0.15, 0.2) is 42.7 Å². The molecule has 0 atom stereocenters. The maximum absolute atomic E-state index is 11.8. The molecule has 0 aliphatic carbocycles. The third-order valence-corrected chi connectivity index (χ3v) is 3.31. The van der Waals surface area contributed by atoms with Gasteiger partial charge >= 0.3 is 0 Å². The first-order valence-electron chi connectivity index (χ1n) is 6.73. The monoisotopic (exact) mass is 268 g/mol. The van der Waals surface area contributed by atoms with E-state index in [4.69, 9.17) is 0 Å². The Morgan fingerprint density at radius 2 is 2.05 bits per heavy atom. The van der Waals surface area contributed by atoms with Crippen LogP contribution < -0.4 is 10.2 Å². The first-order chi connectivity index (χ1) is 9.83. The molecule has 0 unspecified atom stereocenters. The molecule has 1 fully saturated rings. The lowest BCUT2D eigenvalue weighted by molar-refractivity contribution is -0.117. The predicted octanol–water partition coefficient (Wildman–Crippen LogP) is 2.22. The fourth-order valence-electron chi connectivity index (χ4n) is 2.33. The molecular weight excluding hydrogens is 252 g/mol. The quantitative estimate of drug-likeness (QED) is 0.923. The van der Waals surface area contributed by atoms with Crippen LogP contribution in [-0.2, 0) is 11.3 Å². The van der Waals surface area contributed by atoms with E-state index in [1.54, 1.807) is 18.5 Å². The zero-order chi connectivity index (χ0) is 13.8. The van der Waals surface area contributed by atoms with Crippen LogP contribution in [0.1, 0.15) is 18.4 Å². The van der Waals surface area contributed by atoms with Crippen LogP contribution >= 0.6 is 0 Å². The largest absolute Gasteiger partial charge is 0.350 e. The minimum Gasteiger partial charge on any atom is -0.350 e. The van der Waals surface area contributed by atoms with Crippen molar-refractivity contribution in [3.8, 4) is 0 Å². The maximum Gasteiger partial charge on any atom is 0.227 e. The molecule has 1 amide bonds. The molecule has 0 bridgehead atoms. The molecule has 102 valence electrons. The number of carbonyl (C=O) groups is 1. The van der Waals surface area contributed by atoms with Crippen LogP contribution in [0.4, 0.5) is 11.6 Å². The summed E-state index contributed by atoms with van der Waals surface area (Å²) in [5, 5.41) is 3.16. The van der Waals surface area contributed by atoms with Gasteiger partial charge in [-0.05, 0) is 30.2 Å². The van der Waals surface area contributed by atoms with E-state index in [0.717, 1.165) is 24.2 Å². The van der Waals surface area contributed by atoms with Crippen molar-refractivity contribution in [3.05, 3.63) is 48.3 Å². The van der Waals surface area contributed by atoms with Crippen LogP contribution in [0.25, 0.3) is 0 Å². The van der Waals surface area contributed by atoms with Gasteiger partial charge in [0.2, 0.25) is 11.9 Å². The molecule has 5 heteroatoms. The van der Waals surface area contributed by atoms with Crippen molar-refractivity contribution in [1.82, 2.24) is 9.97 Å². The lowest BCUT2D eigenvalue weighted by Crippen LogP contribution is -2.23. The summed E-state index contributed by atoms with van der Waals surface area (Å²) in [6.07, 6.45) is 5.00. The number of rotatable bonds is 4. The molecule has 3 rings (SSSR count). The molecule has 1 aromatic carbocycles. The molecule has 20 heavy (non-hydrogen) atoms. The van der Waals surface area contributed by atoms with Gasteiger partial charge in [0.05, 0.1) is 0 Å². The number of carbonyl (C=O) groups excluding carboxylic acids is 1. The molecule has 1 N–H and O–H groups in total. The average molecular weight is 268 g/mol. The maximum atomic E-state index is 11.8. The molecule has 5 nitrogen and oxygen atoms in total. The van der Waals surface area contributed by atoms with Crippen molar-refractivity contribution in [2.45, 2.75) is 19.4 Å². The van der Waals surface area contributed by atoms with Crippen LogP contribution in [0.3, 0.4) is 0 Å². The van der Waals surface area contributed by atoms with Gasteiger partial charge in [-0.3, -0.25) is 4.79 Å². The van der Waals surface area contributed by atoms with E-state index in [1.807, 2.05) is 29.2 Å². The van der Waals surface area contributed by atoms with Gasteiger partial charge in [-0.1, -0.05) is 12.1 Å². The number of anilines is 2. The predicted molar refractivity (Wildman–Crippen MR) is 77.4 cm³/mol. The Morgan fingerprint density at radius 1 is 1.20 bits per heavy atom. The van der Waals surface area contributed by atoms with Gasteiger partial charge < -0.3 is 10.2 Å². The van der Waals surface area contributed by atoms with E-state index in [9.17, 15) is 4.79 Å². The second-order valence-electron chi connectivity index (χ2n) is 4.74. The van der Waals surface area contributed by atoms with Crippen LogP contribution in [0.5, 0.6) is 0 Å². The summed E-state index contributed by atoms with van der Waals surface area (Å²) in [5.74, 6) is 0.816. The summed E-state index contributed by atoms with van der Waals surface area (Å²) in [5.41, 5.74) is 2.08. The van der Waals surface area contributed by atoms with Crippen molar-refractivity contribution in [3.63, 3.8) is 0 Å². The Bertz CT molecular complexity index is 600. The third-order valence-electron chi connectivity index (χ3n) is 3.31. The number of amides is 1. The minimum atomic E-state index is 0.210. The fraction of sp³-hybridized carbons (Fsp3) is 0.267. The average Bonchev–Trinajstić information content (AvgIpc) is 2.93. The molecule has 2 heterocycles. The SMILES string of the molecule is O=C1CCCN1c1cccc(CNc2ncccn2)c1. The molecule has 2 aromatic rings. The zero-order valence-electron chi connectivity index (χ0n) is 11.1. The highest BCUT2D eigenvalue weighted by Crippen LogP contribution is 2.22. The standard InChI is InChI=1S/C15H16N4O/c20-14-6-2-9-19(14)13-5-1-4-12(10-13)11-18-15-16-7-3-8-17-15/h1,3-5,7-8,10H,2,6,9,11H2,(H,16,17,18). The summed E-state index contributed by atoms with van der Waals surface area (Å²) >= 11 is 0. The Morgan fingerprint density at radius 3 is 2.80 bits per heavy atom. The minimum absolute atomic E-state index is 0.210. The van der Waals surface area contributed by atoms with Crippen molar-refractivity contribution >= 4 is 17.5 Å². The van der Waals surface area contributed by atoms with Crippen LogP contribution in [0, 0.1) is 0 Å². The van der Waals surface area contributed by atoms with E-state index in [-0.39, 0.29) is 5.91 Å². The van der Waals surface area contributed by atoms with Crippen LogP contribution in [-0.4, -0.2) is 22.4 Å². The molecule has 1 aliphatic rings. The van der Waals surface area contributed by atoms with E-state index < -0.39 is 0 Å². The summed E-state index contributed by atoms with van der Waals surface area (Å²) in [6, 6.07) is 9.81. The Balaban J connectivity index is 1.70. The van der Waals surface area contributed by atoms with E-state index in [0.29, 0.717) is 18.9 Å². The summed E-state index contributed by atoms with van der Waals surface area (Å²) < 4.78 is 0. The highest BCUT2D eigenvalue weighted by Gasteiger charge is 2.21. The first-order valence-corrected chi connectivity index (χ1v) is 6.73. The van der Waals surface area contributed by atoms with E-state index >= 15 is 0 Å². The van der Waals surface area contributed by atoms with Gasteiger partial charge in [0.1, 0.15) is 0 Å². The molecule has 1 saturated heterocycles. The van der Waals surface area contributed by atoms with Gasteiger partial charge in [0.15, 0.2) is 0 Å². The Hall–Kier alpha value is -2.43. The first kappa shape index (κ1) is 12.6. The number of hydrogen-bond donors (Lipinski definition) is 1. The fourth-order valence-corrected chi connectivity index (χ4v) is 2.33. The lowest BCUT2D eigenvalue weighted by atomic mass is 10.2. The molecular formula is C15H16N4O. The highest BCUT2D eigenvalue weighted by atomic mass is 16.2. The summed E-state index contributed by atoms with van der Waals surface area (Å²) in [4.78, 5) is 21.8. The second kappa shape index (κ2) is 5.69. The smallest absolute Gasteiger partial charge is 0.227 e. The van der Waals surface area contributed by atoms with Gasteiger partial charge in [-0.15, -0.1) is 0 Å². The third kappa shape index (κ3) is 2.77. The van der Waals surface area contributed by atoms with Crippen molar-refractivity contribution in [2.75, 3.05) is 16.8 Å². The van der Waals surface area contributed by atoms with Crippen LogP contribution in [0.2, 0.25) is 0 Å². The number of nitrogens with zero attached hydrogens (tertiary/aromatic N) is 3. The van der Waals surface area contributed by atoms with Crippen molar-refractivity contribution < 1.29 is 4.79 Å². The lowest BCUT2D eigenvalue weighted by Gasteiger charge is -2.16. The zero-order valence-corrected chi connectivity index (χ0v) is 11.1. The molecule has 1 aliphatic heterocycles. The van der Waals surface area contributed by atoms with Gasteiger partial charge in [0.25, 0.3) is 0 Å². The molecule has 0 saturated carbocycles. The molecule has 1 aromatic heterocycles. The van der Waals surface area contributed by atoms with E-state index in [1.165, 1.54) is 0 Å². The Kier molecular flexibility index (Phi) is 3.58. The topological polar surface area (TPSA) is 58.1 Å². The van der Waals surface area contributed by atoms with Gasteiger partial charge in [-0.2, -0.15) is 0 Å². The molecule has 0 radical (unpaired) electrons. The molecule has 0 spiro atoms. The number of aromatic nitrogens is 2. The highest BCUT2D eigenvalue weighted by molar-refractivity contribution is 5.95. The Labute approximate surface area is 117 Å².